The zero-order valence-corrected chi connectivity index (χ0v) is 13.0. The Balaban J connectivity index is 1.96. The smallest absolute Gasteiger partial charge is 0.321 e. The van der Waals surface area contributed by atoms with Crippen molar-refractivity contribution in [2.24, 2.45) is 0 Å². The molecule has 0 N–H and O–H groups in total. The van der Waals surface area contributed by atoms with Crippen LogP contribution in [0, 0.1) is 0 Å². The number of rotatable bonds is 2. The van der Waals surface area contributed by atoms with Crippen LogP contribution in [0.15, 0.2) is 41.8 Å². The molecule has 1 atom stereocenters. The van der Waals surface area contributed by atoms with E-state index in [1.807, 2.05) is 0 Å². The normalized spacial score (nSPS) is 18.7. The number of alkyl halides is 3. The predicted molar refractivity (Wildman–Crippen MR) is 82.0 cm³/mol. The fourth-order valence-corrected chi connectivity index (χ4v) is 4.42. The Morgan fingerprint density at radius 1 is 1.18 bits per heavy atom. The molecule has 1 unspecified atom stereocenters. The molecule has 3 rings (SSSR count). The van der Waals surface area contributed by atoms with Gasteiger partial charge in [0.15, 0.2) is 0 Å². The van der Waals surface area contributed by atoms with Gasteiger partial charge in [-0.2, -0.15) is 13.2 Å². The van der Waals surface area contributed by atoms with Crippen molar-refractivity contribution in [3.8, 4) is 0 Å². The average Bonchev–Trinajstić information content (AvgIpc) is 3.17. The van der Waals surface area contributed by atoms with Crippen LogP contribution in [0.1, 0.15) is 26.2 Å². The lowest BCUT2D eigenvalue weighted by Crippen LogP contribution is -2.30. The minimum absolute atomic E-state index is 0.155. The summed E-state index contributed by atoms with van der Waals surface area (Å²) in [6.07, 6.45) is -4.42. The molecule has 0 saturated carbocycles. The number of hydrogen-bond acceptors (Lipinski definition) is 3. The van der Waals surface area contributed by atoms with Crippen LogP contribution < -0.4 is 0 Å². The van der Waals surface area contributed by atoms with Crippen LogP contribution in [-0.2, 0) is 6.18 Å². The summed E-state index contributed by atoms with van der Waals surface area (Å²) in [5.74, 6) is 0.426. The topological polar surface area (TPSA) is 20.3 Å². The van der Waals surface area contributed by atoms with Gasteiger partial charge in [0.1, 0.15) is 5.37 Å². The molecular formula is C15H12F3NOS2. The van der Waals surface area contributed by atoms with Crippen LogP contribution in [0.25, 0.3) is 0 Å². The number of hydrogen-bond donors (Lipinski definition) is 0. The standard InChI is InChI=1S/C15H12F3NOS2/c16-15(17,18)11-5-2-1-4-10(11)14-19(7-9-22-14)13(20)12-6-3-8-21-12/h1-6,8,14H,7,9H2. The molecule has 0 radical (unpaired) electrons. The van der Waals surface area contributed by atoms with Gasteiger partial charge in [0.05, 0.1) is 10.4 Å². The van der Waals surface area contributed by atoms with E-state index in [2.05, 4.69) is 0 Å². The summed E-state index contributed by atoms with van der Waals surface area (Å²) in [6, 6.07) is 8.94. The maximum atomic E-state index is 13.2. The second-order valence-corrected chi connectivity index (χ2v) is 6.92. The monoisotopic (exact) mass is 343 g/mol. The second kappa shape index (κ2) is 5.96. The van der Waals surface area contributed by atoms with Crippen LogP contribution in [0.3, 0.4) is 0 Å². The molecule has 1 aromatic carbocycles. The summed E-state index contributed by atoms with van der Waals surface area (Å²) in [7, 11) is 0. The molecule has 1 fully saturated rings. The highest BCUT2D eigenvalue weighted by atomic mass is 32.2. The summed E-state index contributed by atoms with van der Waals surface area (Å²) in [6.45, 7) is 0.457. The van der Waals surface area contributed by atoms with E-state index in [1.54, 1.807) is 23.6 Å². The second-order valence-electron chi connectivity index (χ2n) is 4.78. The van der Waals surface area contributed by atoms with Gasteiger partial charge in [-0.25, -0.2) is 0 Å². The van der Waals surface area contributed by atoms with Gasteiger partial charge in [-0.15, -0.1) is 23.1 Å². The molecule has 2 aromatic rings. The number of carbonyl (C=O) groups is 1. The van der Waals surface area contributed by atoms with Crippen molar-refractivity contribution >= 4 is 29.0 Å². The van der Waals surface area contributed by atoms with Gasteiger partial charge in [-0.3, -0.25) is 4.79 Å². The maximum Gasteiger partial charge on any atom is 0.416 e. The first-order valence-corrected chi connectivity index (χ1v) is 8.53. The number of amides is 1. The van der Waals surface area contributed by atoms with E-state index in [9.17, 15) is 18.0 Å². The summed E-state index contributed by atoms with van der Waals surface area (Å²) < 4.78 is 39.6. The Hall–Kier alpha value is -1.47. The van der Waals surface area contributed by atoms with Crippen LogP contribution >= 0.6 is 23.1 Å². The van der Waals surface area contributed by atoms with Crippen LogP contribution in [0.4, 0.5) is 13.2 Å². The molecule has 1 amide bonds. The van der Waals surface area contributed by atoms with E-state index in [0.29, 0.717) is 17.2 Å². The van der Waals surface area contributed by atoms with Crippen LogP contribution in [0.5, 0.6) is 0 Å². The predicted octanol–water partition coefficient (Wildman–Crippen LogP) is 4.65. The van der Waals surface area contributed by atoms with Crippen molar-refractivity contribution in [1.82, 2.24) is 4.90 Å². The zero-order chi connectivity index (χ0) is 15.7. The highest BCUT2D eigenvalue weighted by Crippen LogP contribution is 2.44. The molecule has 1 aromatic heterocycles. The lowest BCUT2D eigenvalue weighted by Gasteiger charge is -2.26. The molecule has 2 nitrogen and oxygen atoms in total. The van der Waals surface area contributed by atoms with Crippen molar-refractivity contribution in [1.29, 1.82) is 0 Å². The lowest BCUT2D eigenvalue weighted by molar-refractivity contribution is -0.138. The molecule has 1 saturated heterocycles. The number of halogens is 3. The van der Waals surface area contributed by atoms with Crippen LogP contribution in [-0.4, -0.2) is 23.1 Å². The van der Waals surface area contributed by atoms with Gasteiger partial charge in [0.2, 0.25) is 0 Å². The largest absolute Gasteiger partial charge is 0.416 e. The Morgan fingerprint density at radius 3 is 2.64 bits per heavy atom. The summed E-state index contributed by atoms with van der Waals surface area (Å²) in [5.41, 5.74) is -0.513. The zero-order valence-electron chi connectivity index (χ0n) is 11.3. The summed E-state index contributed by atoms with van der Waals surface area (Å²) in [5, 5.41) is 1.20. The van der Waals surface area contributed by atoms with Gasteiger partial charge in [-0.05, 0) is 23.1 Å². The van der Waals surface area contributed by atoms with Crippen molar-refractivity contribution < 1.29 is 18.0 Å². The first-order chi connectivity index (χ1) is 10.5. The maximum absolute atomic E-state index is 13.2. The minimum Gasteiger partial charge on any atom is -0.321 e. The van der Waals surface area contributed by atoms with Crippen molar-refractivity contribution in [2.45, 2.75) is 11.6 Å². The quantitative estimate of drug-likeness (QED) is 0.791. The van der Waals surface area contributed by atoms with E-state index in [0.717, 1.165) is 6.07 Å². The number of benzene rings is 1. The summed E-state index contributed by atoms with van der Waals surface area (Å²) in [4.78, 5) is 14.6. The number of carbonyl (C=O) groups excluding carboxylic acids is 1. The van der Waals surface area contributed by atoms with Crippen LogP contribution in [0.2, 0.25) is 0 Å². The molecule has 7 heteroatoms. The fourth-order valence-electron chi connectivity index (χ4n) is 2.45. The van der Waals surface area contributed by atoms with Crippen molar-refractivity contribution in [2.75, 3.05) is 12.3 Å². The average molecular weight is 343 g/mol. The molecule has 2 heterocycles. The molecule has 1 aliphatic heterocycles. The molecule has 22 heavy (non-hydrogen) atoms. The molecule has 0 bridgehead atoms. The molecule has 0 aliphatic carbocycles. The lowest BCUT2D eigenvalue weighted by atomic mass is 10.1. The van der Waals surface area contributed by atoms with Gasteiger partial charge in [-0.1, -0.05) is 24.3 Å². The van der Waals surface area contributed by atoms with Crippen molar-refractivity contribution in [3.63, 3.8) is 0 Å². The van der Waals surface area contributed by atoms with Gasteiger partial charge in [0, 0.05) is 12.3 Å². The minimum atomic E-state index is -4.42. The van der Waals surface area contributed by atoms with Gasteiger partial charge in [0.25, 0.3) is 5.91 Å². The van der Waals surface area contributed by atoms with E-state index >= 15 is 0 Å². The first-order valence-electron chi connectivity index (χ1n) is 6.60. The van der Waals surface area contributed by atoms with E-state index in [4.69, 9.17) is 0 Å². The highest BCUT2D eigenvalue weighted by Gasteiger charge is 2.39. The van der Waals surface area contributed by atoms with E-state index in [1.165, 1.54) is 40.1 Å². The fraction of sp³-hybridized carbons (Fsp3) is 0.267. The first kappa shape index (κ1) is 15.4. The van der Waals surface area contributed by atoms with Crippen molar-refractivity contribution in [3.05, 3.63) is 57.8 Å². The SMILES string of the molecule is O=C(c1cccs1)N1CCSC1c1ccccc1C(F)(F)F. The third kappa shape index (κ3) is 2.87. The Morgan fingerprint density at radius 2 is 1.95 bits per heavy atom. The summed E-state index contributed by atoms with van der Waals surface area (Å²) >= 11 is 2.67. The Kier molecular flexibility index (Phi) is 4.18. The number of nitrogens with zero attached hydrogens (tertiary/aromatic N) is 1. The molecule has 1 aliphatic rings. The number of thioether (sulfide) groups is 1. The Bertz CT molecular complexity index is 670. The third-order valence-corrected chi connectivity index (χ3v) is 5.52. The van der Waals surface area contributed by atoms with E-state index < -0.39 is 17.1 Å². The third-order valence-electron chi connectivity index (χ3n) is 3.42. The highest BCUT2D eigenvalue weighted by molar-refractivity contribution is 7.99. The molecular weight excluding hydrogens is 331 g/mol. The Labute approximate surface area is 133 Å². The van der Waals surface area contributed by atoms with Gasteiger partial charge < -0.3 is 4.90 Å². The number of thiophene rings is 1. The van der Waals surface area contributed by atoms with E-state index in [-0.39, 0.29) is 11.5 Å². The van der Waals surface area contributed by atoms with Gasteiger partial charge >= 0.3 is 6.18 Å². The molecule has 0 spiro atoms. The molecule has 116 valence electrons.